The monoisotopic (exact) mass is 484 g/mol. The van der Waals surface area contributed by atoms with Crippen LogP contribution in [0.1, 0.15) is 31.1 Å². The zero-order valence-electron chi connectivity index (χ0n) is 20.4. The molecule has 0 saturated carbocycles. The summed E-state index contributed by atoms with van der Waals surface area (Å²) in [5.41, 5.74) is 2.33. The molecule has 3 aromatic carbocycles. The van der Waals surface area contributed by atoms with Gasteiger partial charge in [0.25, 0.3) is 0 Å². The van der Waals surface area contributed by atoms with Gasteiger partial charge in [0.1, 0.15) is 12.4 Å². The Morgan fingerprint density at radius 2 is 1.78 bits per heavy atom. The molecule has 5 rings (SSSR count). The van der Waals surface area contributed by atoms with E-state index in [-0.39, 0.29) is 30.3 Å². The van der Waals surface area contributed by atoms with E-state index >= 15 is 0 Å². The fourth-order valence-corrected chi connectivity index (χ4v) is 4.93. The third-order valence-electron chi connectivity index (χ3n) is 6.74. The predicted octanol–water partition coefficient (Wildman–Crippen LogP) is 5.65. The number of nitrogens with one attached hydrogen (secondary N) is 1. The van der Waals surface area contributed by atoms with E-state index in [1.807, 2.05) is 80.7 Å². The average molecular weight is 485 g/mol. The van der Waals surface area contributed by atoms with Crippen LogP contribution in [0, 0.1) is 5.82 Å². The summed E-state index contributed by atoms with van der Waals surface area (Å²) >= 11 is 0. The number of anilines is 1. The summed E-state index contributed by atoms with van der Waals surface area (Å²) in [5.74, 6) is -0.527. The molecule has 1 aliphatic heterocycles. The van der Waals surface area contributed by atoms with E-state index in [0.717, 1.165) is 16.5 Å². The fourth-order valence-electron chi connectivity index (χ4n) is 4.93. The number of rotatable bonds is 5. The lowest BCUT2D eigenvalue weighted by Gasteiger charge is -2.39. The molecule has 3 amide bonds. The number of hydrogen-bond acceptors (Lipinski definition) is 2. The smallest absolute Gasteiger partial charge is 0.322 e. The lowest BCUT2D eigenvalue weighted by molar-refractivity contribution is -0.134. The number of amides is 3. The number of halogens is 1. The number of fused-ring (bicyclic) bond motifs is 2. The van der Waals surface area contributed by atoms with Crippen LogP contribution in [0.3, 0.4) is 0 Å². The Morgan fingerprint density at radius 1 is 1.00 bits per heavy atom. The third kappa shape index (κ3) is 4.56. The first-order valence-electron chi connectivity index (χ1n) is 12.2. The van der Waals surface area contributed by atoms with Gasteiger partial charge in [-0.2, -0.15) is 0 Å². The fraction of sp³-hybridized carbons (Fsp3) is 0.241. The second kappa shape index (κ2) is 9.85. The van der Waals surface area contributed by atoms with Crippen molar-refractivity contribution in [1.82, 2.24) is 14.4 Å². The van der Waals surface area contributed by atoms with Crippen molar-refractivity contribution >= 4 is 28.4 Å². The number of urea groups is 1. The molecule has 184 valence electrons. The molecular weight excluding hydrogens is 455 g/mol. The standard InChI is InChI=1S/C29H29FN4O2/c1-20(2)34(29(36)31-25-13-6-9-21-8-3-4-12-24(21)25)19-27(35)33-17-16-32-15-7-14-26(32)28(33)22-10-5-11-23(30)18-22/h3-15,18,20,28H,16-17,19H2,1-2H3,(H,31,36). The van der Waals surface area contributed by atoms with Crippen LogP contribution in [-0.4, -0.2) is 45.4 Å². The molecule has 0 aliphatic carbocycles. The van der Waals surface area contributed by atoms with Crippen molar-refractivity contribution < 1.29 is 14.0 Å². The molecule has 1 aliphatic rings. The molecule has 1 unspecified atom stereocenters. The molecule has 36 heavy (non-hydrogen) atoms. The van der Waals surface area contributed by atoms with Crippen LogP contribution in [0.5, 0.6) is 0 Å². The number of carbonyl (C=O) groups excluding carboxylic acids is 2. The van der Waals surface area contributed by atoms with Crippen molar-refractivity contribution in [3.05, 3.63) is 102 Å². The summed E-state index contributed by atoms with van der Waals surface area (Å²) in [6.07, 6.45) is 1.97. The van der Waals surface area contributed by atoms with E-state index in [0.29, 0.717) is 24.3 Å². The summed E-state index contributed by atoms with van der Waals surface area (Å²) in [6, 6.07) is 22.9. The Labute approximate surface area is 209 Å². The van der Waals surface area contributed by atoms with Crippen LogP contribution in [0.25, 0.3) is 10.8 Å². The van der Waals surface area contributed by atoms with Crippen LogP contribution in [0.15, 0.2) is 85.1 Å². The number of hydrogen-bond donors (Lipinski definition) is 1. The highest BCUT2D eigenvalue weighted by molar-refractivity contribution is 6.02. The van der Waals surface area contributed by atoms with Crippen molar-refractivity contribution in [2.24, 2.45) is 0 Å². The van der Waals surface area contributed by atoms with Gasteiger partial charge >= 0.3 is 6.03 Å². The van der Waals surface area contributed by atoms with Crippen molar-refractivity contribution in [3.63, 3.8) is 0 Å². The summed E-state index contributed by atoms with van der Waals surface area (Å²) in [6.45, 7) is 4.81. The Bertz CT molecular complexity index is 1410. The lowest BCUT2D eigenvalue weighted by Crippen LogP contribution is -2.50. The zero-order valence-corrected chi connectivity index (χ0v) is 20.4. The largest absolute Gasteiger partial charge is 0.348 e. The maximum Gasteiger partial charge on any atom is 0.322 e. The highest BCUT2D eigenvalue weighted by atomic mass is 19.1. The maximum atomic E-state index is 14.1. The van der Waals surface area contributed by atoms with Crippen LogP contribution < -0.4 is 5.32 Å². The first-order chi connectivity index (χ1) is 17.4. The third-order valence-corrected chi connectivity index (χ3v) is 6.74. The second-order valence-corrected chi connectivity index (χ2v) is 9.35. The van der Waals surface area contributed by atoms with E-state index in [2.05, 4.69) is 9.88 Å². The van der Waals surface area contributed by atoms with Gasteiger partial charge in [0.05, 0.1) is 11.7 Å². The van der Waals surface area contributed by atoms with E-state index in [1.54, 1.807) is 15.9 Å². The van der Waals surface area contributed by atoms with Crippen molar-refractivity contribution in [2.75, 3.05) is 18.4 Å². The molecule has 1 N–H and O–H groups in total. The Kier molecular flexibility index (Phi) is 6.46. The van der Waals surface area contributed by atoms with Crippen molar-refractivity contribution in [3.8, 4) is 0 Å². The van der Waals surface area contributed by atoms with E-state index in [4.69, 9.17) is 0 Å². The molecule has 2 heterocycles. The molecule has 0 radical (unpaired) electrons. The number of carbonyl (C=O) groups is 2. The van der Waals surface area contributed by atoms with Crippen LogP contribution in [-0.2, 0) is 11.3 Å². The van der Waals surface area contributed by atoms with Gasteiger partial charge in [-0.1, -0.05) is 48.5 Å². The van der Waals surface area contributed by atoms with E-state index in [1.165, 1.54) is 12.1 Å². The molecule has 1 aromatic heterocycles. The van der Waals surface area contributed by atoms with E-state index < -0.39 is 6.04 Å². The first kappa shape index (κ1) is 23.6. The van der Waals surface area contributed by atoms with Gasteiger partial charge in [-0.05, 0) is 55.1 Å². The Morgan fingerprint density at radius 3 is 2.58 bits per heavy atom. The quantitative estimate of drug-likeness (QED) is 0.398. The van der Waals surface area contributed by atoms with Gasteiger partial charge in [-0.15, -0.1) is 0 Å². The topological polar surface area (TPSA) is 57.6 Å². The molecule has 0 bridgehead atoms. The van der Waals surface area contributed by atoms with Crippen LogP contribution >= 0.6 is 0 Å². The SMILES string of the molecule is CC(C)N(CC(=O)N1CCn2cccc2C1c1cccc(F)c1)C(=O)Nc1cccc2ccccc12. The molecule has 0 saturated heterocycles. The van der Waals surface area contributed by atoms with Crippen molar-refractivity contribution in [1.29, 1.82) is 0 Å². The highest BCUT2D eigenvalue weighted by Gasteiger charge is 2.34. The number of benzene rings is 3. The van der Waals surface area contributed by atoms with Gasteiger partial charge in [-0.3, -0.25) is 4.79 Å². The van der Waals surface area contributed by atoms with Crippen LogP contribution in [0.2, 0.25) is 0 Å². The molecule has 6 nitrogen and oxygen atoms in total. The van der Waals surface area contributed by atoms with Gasteiger partial charge in [0.15, 0.2) is 0 Å². The lowest BCUT2D eigenvalue weighted by atomic mass is 9.99. The normalized spacial score (nSPS) is 15.1. The van der Waals surface area contributed by atoms with Gasteiger partial charge < -0.3 is 19.7 Å². The zero-order chi connectivity index (χ0) is 25.2. The minimum absolute atomic E-state index is 0.0825. The van der Waals surface area contributed by atoms with Gasteiger partial charge in [0, 0.05) is 36.4 Å². The maximum absolute atomic E-state index is 14.1. The van der Waals surface area contributed by atoms with E-state index in [9.17, 15) is 14.0 Å². The molecule has 4 aromatic rings. The Balaban J connectivity index is 1.40. The summed E-state index contributed by atoms with van der Waals surface area (Å²) < 4.78 is 16.2. The second-order valence-electron chi connectivity index (χ2n) is 9.35. The summed E-state index contributed by atoms with van der Waals surface area (Å²) in [4.78, 5) is 30.3. The molecule has 7 heteroatoms. The minimum atomic E-state index is -0.424. The molecule has 1 atom stereocenters. The predicted molar refractivity (Wildman–Crippen MR) is 139 cm³/mol. The summed E-state index contributed by atoms with van der Waals surface area (Å²) in [5, 5.41) is 4.96. The first-order valence-corrected chi connectivity index (χ1v) is 12.2. The minimum Gasteiger partial charge on any atom is -0.348 e. The van der Waals surface area contributed by atoms with Crippen LogP contribution in [0.4, 0.5) is 14.9 Å². The highest BCUT2D eigenvalue weighted by Crippen LogP contribution is 2.33. The molecule has 0 spiro atoms. The van der Waals surface area contributed by atoms with Gasteiger partial charge in [-0.25, -0.2) is 9.18 Å². The number of nitrogens with zero attached hydrogens (tertiary/aromatic N) is 3. The Hall–Kier alpha value is -4.13. The number of aromatic nitrogens is 1. The average Bonchev–Trinajstić information content (AvgIpc) is 3.35. The van der Waals surface area contributed by atoms with Gasteiger partial charge in [0.2, 0.25) is 5.91 Å². The van der Waals surface area contributed by atoms with Crippen molar-refractivity contribution in [2.45, 2.75) is 32.5 Å². The summed E-state index contributed by atoms with van der Waals surface area (Å²) in [7, 11) is 0. The molecule has 0 fully saturated rings. The molecular formula is C29H29FN4O2.